The number of aryl methyl sites for hydroxylation is 1. The van der Waals surface area contributed by atoms with Gasteiger partial charge in [0, 0.05) is 30.9 Å². The third kappa shape index (κ3) is 3.44. The minimum atomic E-state index is 0.783. The van der Waals surface area contributed by atoms with E-state index in [1.165, 1.54) is 32.4 Å². The number of anilines is 1. The monoisotopic (exact) mass is 260 g/mol. The molecule has 19 heavy (non-hydrogen) atoms. The van der Waals surface area contributed by atoms with Gasteiger partial charge in [-0.05, 0) is 38.1 Å². The van der Waals surface area contributed by atoms with Crippen molar-refractivity contribution in [1.82, 2.24) is 14.9 Å². The van der Waals surface area contributed by atoms with Gasteiger partial charge in [-0.15, -0.1) is 0 Å². The van der Waals surface area contributed by atoms with Crippen LogP contribution in [0.1, 0.15) is 38.3 Å². The van der Waals surface area contributed by atoms with Gasteiger partial charge < -0.3 is 10.2 Å². The first-order valence-corrected chi connectivity index (χ1v) is 7.64. The van der Waals surface area contributed by atoms with E-state index in [9.17, 15) is 0 Å². The van der Waals surface area contributed by atoms with Crippen molar-refractivity contribution in [1.29, 1.82) is 0 Å². The summed E-state index contributed by atoms with van der Waals surface area (Å²) in [6.07, 6.45) is 8.03. The van der Waals surface area contributed by atoms with Gasteiger partial charge in [0.2, 0.25) is 0 Å². The Bertz CT molecular complexity index is 416. The van der Waals surface area contributed by atoms with Crippen LogP contribution in [0.15, 0.2) is 12.4 Å². The van der Waals surface area contributed by atoms with Crippen LogP contribution in [0.3, 0.4) is 0 Å². The van der Waals surface area contributed by atoms with Gasteiger partial charge in [-0.2, -0.15) is 0 Å². The summed E-state index contributed by atoms with van der Waals surface area (Å²) in [6.45, 7) is 5.79. The molecule has 0 aromatic carbocycles. The Labute approximate surface area is 115 Å². The predicted octanol–water partition coefficient (Wildman–Crippen LogP) is 2.33. The topological polar surface area (TPSA) is 41.0 Å². The molecule has 1 unspecified atom stereocenters. The summed E-state index contributed by atoms with van der Waals surface area (Å²) in [5, 5.41) is 3.49. The lowest BCUT2D eigenvalue weighted by Crippen LogP contribution is -2.25. The fourth-order valence-corrected chi connectivity index (χ4v) is 2.94. The summed E-state index contributed by atoms with van der Waals surface area (Å²) in [5.41, 5.74) is 1.14. The van der Waals surface area contributed by atoms with Gasteiger partial charge in [0.05, 0.1) is 0 Å². The van der Waals surface area contributed by atoms with Crippen LogP contribution >= 0.6 is 0 Å². The van der Waals surface area contributed by atoms with Crippen molar-refractivity contribution in [2.75, 3.05) is 25.0 Å². The largest absolute Gasteiger partial charge is 0.370 e. The molecule has 2 aliphatic rings. The third-order valence-electron chi connectivity index (χ3n) is 4.18. The minimum Gasteiger partial charge on any atom is -0.370 e. The van der Waals surface area contributed by atoms with Gasteiger partial charge in [0.1, 0.15) is 12.1 Å². The van der Waals surface area contributed by atoms with Crippen LogP contribution in [0, 0.1) is 5.92 Å². The first kappa shape index (κ1) is 12.9. The molecule has 2 fully saturated rings. The first-order valence-electron chi connectivity index (χ1n) is 7.64. The second-order valence-corrected chi connectivity index (χ2v) is 5.91. The van der Waals surface area contributed by atoms with Gasteiger partial charge >= 0.3 is 0 Å². The molecular formula is C15H24N4. The van der Waals surface area contributed by atoms with E-state index in [0.717, 1.165) is 42.9 Å². The van der Waals surface area contributed by atoms with Crippen LogP contribution in [-0.2, 0) is 6.42 Å². The standard InChI is InChI=1S/C15H24N4/c1-2-3-13-8-15(18-11-17-13)16-9-12-6-7-19(10-12)14-4-5-14/h8,11-12,14H,2-7,9-10H2,1H3,(H,16,17,18). The molecule has 1 aromatic rings. The Morgan fingerprint density at radius 2 is 2.21 bits per heavy atom. The highest BCUT2D eigenvalue weighted by Gasteiger charge is 2.34. The Hall–Kier alpha value is -1.16. The van der Waals surface area contributed by atoms with Gasteiger partial charge in [-0.3, -0.25) is 0 Å². The smallest absolute Gasteiger partial charge is 0.129 e. The van der Waals surface area contributed by atoms with Crippen LogP contribution in [0.25, 0.3) is 0 Å². The van der Waals surface area contributed by atoms with E-state index >= 15 is 0 Å². The molecule has 1 aliphatic heterocycles. The fraction of sp³-hybridized carbons (Fsp3) is 0.733. The first-order chi connectivity index (χ1) is 9.35. The highest BCUT2D eigenvalue weighted by atomic mass is 15.2. The summed E-state index contributed by atoms with van der Waals surface area (Å²) >= 11 is 0. The zero-order valence-corrected chi connectivity index (χ0v) is 11.8. The Morgan fingerprint density at radius 1 is 1.32 bits per heavy atom. The van der Waals surface area contributed by atoms with Gasteiger partial charge in [-0.1, -0.05) is 13.3 Å². The lowest BCUT2D eigenvalue weighted by atomic mass is 10.1. The molecule has 1 atom stereocenters. The zero-order valence-electron chi connectivity index (χ0n) is 11.8. The molecular weight excluding hydrogens is 236 g/mol. The van der Waals surface area contributed by atoms with Crippen molar-refractivity contribution in [3.8, 4) is 0 Å². The molecule has 0 bridgehead atoms. The zero-order chi connectivity index (χ0) is 13.1. The van der Waals surface area contributed by atoms with Crippen molar-refractivity contribution in [2.24, 2.45) is 5.92 Å². The maximum Gasteiger partial charge on any atom is 0.129 e. The average Bonchev–Trinajstić information content (AvgIpc) is 3.17. The maximum atomic E-state index is 4.31. The van der Waals surface area contributed by atoms with Crippen molar-refractivity contribution >= 4 is 5.82 Å². The average molecular weight is 260 g/mol. The van der Waals surface area contributed by atoms with Crippen LogP contribution in [0.2, 0.25) is 0 Å². The molecule has 104 valence electrons. The molecule has 0 spiro atoms. The molecule has 3 rings (SSSR count). The van der Waals surface area contributed by atoms with Crippen LogP contribution in [-0.4, -0.2) is 40.5 Å². The lowest BCUT2D eigenvalue weighted by molar-refractivity contribution is 0.316. The maximum absolute atomic E-state index is 4.31. The van der Waals surface area contributed by atoms with E-state index in [2.05, 4.69) is 33.2 Å². The van der Waals surface area contributed by atoms with E-state index in [1.54, 1.807) is 6.33 Å². The van der Waals surface area contributed by atoms with Crippen molar-refractivity contribution < 1.29 is 0 Å². The van der Waals surface area contributed by atoms with Crippen LogP contribution < -0.4 is 5.32 Å². The minimum absolute atomic E-state index is 0.783. The highest BCUT2D eigenvalue weighted by Crippen LogP contribution is 2.31. The fourth-order valence-electron chi connectivity index (χ4n) is 2.94. The summed E-state index contributed by atoms with van der Waals surface area (Å²) in [7, 11) is 0. The summed E-state index contributed by atoms with van der Waals surface area (Å²) in [6, 6.07) is 3.01. The van der Waals surface area contributed by atoms with Crippen LogP contribution in [0.5, 0.6) is 0 Å². The normalized spacial score (nSPS) is 23.7. The number of aromatic nitrogens is 2. The lowest BCUT2D eigenvalue weighted by Gasteiger charge is -2.15. The molecule has 1 saturated carbocycles. The van der Waals surface area contributed by atoms with Gasteiger partial charge in [-0.25, -0.2) is 9.97 Å². The molecule has 1 aliphatic carbocycles. The number of hydrogen-bond donors (Lipinski definition) is 1. The summed E-state index contributed by atoms with van der Waals surface area (Å²) in [4.78, 5) is 11.3. The number of likely N-dealkylation sites (tertiary alicyclic amines) is 1. The SMILES string of the molecule is CCCc1cc(NCC2CCN(C3CC3)C2)ncn1. The Balaban J connectivity index is 1.47. The predicted molar refractivity (Wildman–Crippen MR) is 77.2 cm³/mol. The van der Waals surface area contributed by atoms with Crippen molar-refractivity contribution in [3.05, 3.63) is 18.1 Å². The molecule has 1 aromatic heterocycles. The molecule has 4 heteroatoms. The van der Waals surface area contributed by atoms with E-state index in [0.29, 0.717) is 0 Å². The van der Waals surface area contributed by atoms with Gasteiger partial charge in [0.25, 0.3) is 0 Å². The van der Waals surface area contributed by atoms with Crippen molar-refractivity contribution in [2.45, 2.75) is 45.1 Å². The summed E-state index contributed by atoms with van der Waals surface area (Å²) in [5.74, 6) is 1.77. The van der Waals surface area contributed by atoms with E-state index in [-0.39, 0.29) is 0 Å². The highest BCUT2D eigenvalue weighted by molar-refractivity contribution is 5.34. The third-order valence-corrected chi connectivity index (χ3v) is 4.18. The molecule has 0 radical (unpaired) electrons. The number of rotatable bonds is 6. The molecule has 0 amide bonds. The van der Waals surface area contributed by atoms with Crippen LogP contribution in [0.4, 0.5) is 5.82 Å². The summed E-state index contributed by atoms with van der Waals surface area (Å²) < 4.78 is 0. The Morgan fingerprint density at radius 3 is 3.00 bits per heavy atom. The number of hydrogen-bond acceptors (Lipinski definition) is 4. The van der Waals surface area contributed by atoms with E-state index in [4.69, 9.17) is 0 Å². The quantitative estimate of drug-likeness (QED) is 0.852. The van der Waals surface area contributed by atoms with E-state index in [1.807, 2.05) is 0 Å². The van der Waals surface area contributed by atoms with E-state index < -0.39 is 0 Å². The van der Waals surface area contributed by atoms with Gasteiger partial charge in [0.15, 0.2) is 0 Å². The van der Waals surface area contributed by atoms with Crippen molar-refractivity contribution in [3.63, 3.8) is 0 Å². The second kappa shape index (κ2) is 5.87. The second-order valence-electron chi connectivity index (χ2n) is 5.91. The Kier molecular flexibility index (Phi) is 3.97. The number of nitrogens with zero attached hydrogens (tertiary/aromatic N) is 3. The molecule has 1 saturated heterocycles. The molecule has 1 N–H and O–H groups in total. The number of nitrogens with one attached hydrogen (secondary N) is 1. The molecule has 2 heterocycles. The molecule has 4 nitrogen and oxygen atoms in total.